The number of rotatable bonds is 3. The van der Waals surface area contributed by atoms with Crippen molar-refractivity contribution < 1.29 is 9.84 Å². The lowest BCUT2D eigenvalue weighted by molar-refractivity contribution is 0.0679. The SMILES string of the molecule is COc1ccc(CN2CCC(C)(O)C2)cc1C#N. The van der Waals surface area contributed by atoms with Crippen LogP contribution in [0.2, 0.25) is 0 Å². The molecule has 0 saturated carbocycles. The molecule has 2 rings (SSSR count). The Hall–Kier alpha value is -1.57. The highest BCUT2D eigenvalue weighted by molar-refractivity contribution is 5.45. The highest BCUT2D eigenvalue weighted by atomic mass is 16.5. The number of hydrogen-bond donors (Lipinski definition) is 1. The van der Waals surface area contributed by atoms with E-state index in [1.54, 1.807) is 7.11 Å². The fourth-order valence-electron chi connectivity index (χ4n) is 2.37. The Morgan fingerprint density at radius 3 is 2.89 bits per heavy atom. The van der Waals surface area contributed by atoms with Crippen LogP contribution in [0.15, 0.2) is 18.2 Å². The van der Waals surface area contributed by atoms with Gasteiger partial charge >= 0.3 is 0 Å². The predicted octanol–water partition coefficient (Wildman–Crippen LogP) is 1.52. The molecule has 1 N–H and O–H groups in total. The summed E-state index contributed by atoms with van der Waals surface area (Å²) >= 11 is 0. The number of hydrogen-bond acceptors (Lipinski definition) is 4. The van der Waals surface area contributed by atoms with E-state index in [-0.39, 0.29) is 0 Å². The molecule has 1 fully saturated rings. The third-order valence-electron chi connectivity index (χ3n) is 3.32. The summed E-state index contributed by atoms with van der Waals surface area (Å²) in [7, 11) is 1.56. The molecule has 4 heteroatoms. The minimum Gasteiger partial charge on any atom is -0.495 e. The molecule has 1 unspecified atom stereocenters. The molecule has 96 valence electrons. The Labute approximate surface area is 107 Å². The summed E-state index contributed by atoms with van der Waals surface area (Å²) in [6, 6.07) is 7.77. The molecular weight excluding hydrogens is 228 g/mol. The van der Waals surface area contributed by atoms with Gasteiger partial charge in [0.1, 0.15) is 11.8 Å². The van der Waals surface area contributed by atoms with E-state index in [9.17, 15) is 5.11 Å². The van der Waals surface area contributed by atoms with Gasteiger partial charge in [0.25, 0.3) is 0 Å². The van der Waals surface area contributed by atoms with E-state index in [2.05, 4.69) is 11.0 Å². The summed E-state index contributed by atoms with van der Waals surface area (Å²) < 4.78 is 5.12. The molecule has 1 saturated heterocycles. The number of nitriles is 1. The summed E-state index contributed by atoms with van der Waals surface area (Å²) in [5.74, 6) is 0.606. The molecule has 0 aromatic heterocycles. The Balaban J connectivity index is 2.09. The molecular formula is C14H18N2O2. The number of ether oxygens (including phenoxy) is 1. The summed E-state index contributed by atoms with van der Waals surface area (Å²) in [5, 5.41) is 18.9. The summed E-state index contributed by atoms with van der Waals surface area (Å²) in [4.78, 5) is 2.20. The quantitative estimate of drug-likeness (QED) is 0.878. The Morgan fingerprint density at radius 1 is 1.56 bits per heavy atom. The monoisotopic (exact) mass is 246 g/mol. The first-order valence-electron chi connectivity index (χ1n) is 6.06. The van der Waals surface area contributed by atoms with Crippen molar-refractivity contribution in [1.29, 1.82) is 5.26 Å². The Kier molecular flexibility index (Phi) is 3.55. The van der Waals surface area contributed by atoms with Crippen LogP contribution in [0, 0.1) is 11.3 Å². The van der Waals surface area contributed by atoms with Crippen molar-refractivity contribution in [3.8, 4) is 11.8 Å². The van der Waals surface area contributed by atoms with E-state index in [4.69, 9.17) is 10.00 Å². The lowest BCUT2D eigenvalue weighted by Crippen LogP contribution is -2.29. The Bertz CT molecular complexity index is 477. The average molecular weight is 246 g/mol. The van der Waals surface area contributed by atoms with Crippen LogP contribution >= 0.6 is 0 Å². The van der Waals surface area contributed by atoms with Crippen molar-refractivity contribution in [1.82, 2.24) is 4.90 Å². The highest BCUT2D eigenvalue weighted by Gasteiger charge is 2.31. The number of nitrogens with zero attached hydrogens (tertiary/aromatic N) is 2. The van der Waals surface area contributed by atoms with E-state index in [1.807, 2.05) is 25.1 Å². The van der Waals surface area contributed by atoms with Crippen molar-refractivity contribution >= 4 is 0 Å². The van der Waals surface area contributed by atoms with Crippen molar-refractivity contribution in [2.75, 3.05) is 20.2 Å². The van der Waals surface area contributed by atoms with E-state index < -0.39 is 5.60 Å². The van der Waals surface area contributed by atoms with Gasteiger partial charge in [0.05, 0.1) is 18.3 Å². The van der Waals surface area contributed by atoms with Crippen LogP contribution in [-0.2, 0) is 6.54 Å². The molecule has 1 aromatic rings. The summed E-state index contributed by atoms with van der Waals surface area (Å²) in [6.45, 7) is 4.19. The van der Waals surface area contributed by atoms with Gasteiger partial charge in [-0.3, -0.25) is 4.90 Å². The molecule has 1 aliphatic rings. The van der Waals surface area contributed by atoms with Gasteiger partial charge in [-0.05, 0) is 31.0 Å². The van der Waals surface area contributed by atoms with Crippen molar-refractivity contribution in [2.24, 2.45) is 0 Å². The third-order valence-corrected chi connectivity index (χ3v) is 3.32. The fourth-order valence-corrected chi connectivity index (χ4v) is 2.37. The molecule has 0 bridgehead atoms. The molecule has 0 aliphatic carbocycles. The molecule has 1 aliphatic heterocycles. The zero-order valence-corrected chi connectivity index (χ0v) is 10.8. The van der Waals surface area contributed by atoms with Crippen LogP contribution < -0.4 is 4.74 Å². The summed E-state index contributed by atoms with van der Waals surface area (Å²) in [6.07, 6.45) is 0.800. The minimum atomic E-state index is -0.579. The van der Waals surface area contributed by atoms with Crippen LogP contribution in [0.5, 0.6) is 5.75 Å². The lowest BCUT2D eigenvalue weighted by Gasteiger charge is -2.19. The second-order valence-corrected chi connectivity index (χ2v) is 5.10. The number of methoxy groups -OCH3 is 1. The van der Waals surface area contributed by atoms with E-state index >= 15 is 0 Å². The molecule has 1 atom stereocenters. The maximum atomic E-state index is 9.91. The summed E-state index contributed by atoms with van der Waals surface area (Å²) in [5.41, 5.74) is 1.05. The van der Waals surface area contributed by atoms with Gasteiger partial charge in [0.15, 0.2) is 0 Å². The second-order valence-electron chi connectivity index (χ2n) is 5.10. The van der Waals surface area contributed by atoms with E-state index in [0.29, 0.717) is 17.9 Å². The largest absolute Gasteiger partial charge is 0.495 e. The maximum absolute atomic E-state index is 9.91. The van der Waals surface area contributed by atoms with Gasteiger partial charge in [0, 0.05) is 19.6 Å². The zero-order chi connectivity index (χ0) is 13.2. The molecule has 0 radical (unpaired) electrons. The fraction of sp³-hybridized carbons (Fsp3) is 0.500. The van der Waals surface area contributed by atoms with Crippen molar-refractivity contribution in [2.45, 2.75) is 25.5 Å². The van der Waals surface area contributed by atoms with Gasteiger partial charge in [-0.15, -0.1) is 0 Å². The van der Waals surface area contributed by atoms with Crippen molar-refractivity contribution in [3.63, 3.8) is 0 Å². The number of likely N-dealkylation sites (tertiary alicyclic amines) is 1. The number of aliphatic hydroxyl groups is 1. The average Bonchev–Trinajstić information content (AvgIpc) is 2.68. The lowest BCUT2D eigenvalue weighted by atomic mass is 10.1. The third kappa shape index (κ3) is 2.81. The maximum Gasteiger partial charge on any atom is 0.136 e. The van der Waals surface area contributed by atoms with Gasteiger partial charge in [-0.1, -0.05) is 6.07 Å². The first kappa shape index (κ1) is 12.9. The molecule has 1 heterocycles. The second kappa shape index (κ2) is 4.97. The highest BCUT2D eigenvalue weighted by Crippen LogP contribution is 2.24. The normalized spacial score (nSPS) is 23.9. The molecule has 1 aromatic carbocycles. The van der Waals surface area contributed by atoms with Crippen molar-refractivity contribution in [3.05, 3.63) is 29.3 Å². The van der Waals surface area contributed by atoms with Crippen LogP contribution in [0.4, 0.5) is 0 Å². The topological polar surface area (TPSA) is 56.5 Å². The first-order chi connectivity index (χ1) is 8.54. The molecule has 4 nitrogen and oxygen atoms in total. The molecule has 0 amide bonds. The van der Waals surface area contributed by atoms with Gasteiger partial charge < -0.3 is 9.84 Å². The van der Waals surface area contributed by atoms with Gasteiger partial charge in [-0.25, -0.2) is 0 Å². The van der Waals surface area contributed by atoms with E-state index in [0.717, 1.165) is 25.1 Å². The zero-order valence-electron chi connectivity index (χ0n) is 10.8. The first-order valence-corrected chi connectivity index (χ1v) is 6.06. The van der Waals surface area contributed by atoms with Crippen LogP contribution in [0.1, 0.15) is 24.5 Å². The van der Waals surface area contributed by atoms with Gasteiger partial charge in [-0.2, -0.15) is 5.26 Å². The number of β-amino-alcohol motifs (C(OH)–C–C–N with tert-alkyl or cyclic N) is 1. The van der Waals surface area contributed by atoms with Crippen LogP contribution in [-0.4, -0.2) is 35.8 Å². The molecule has 18 heavy (non-hydrogen) atoms. The Morgan fingerprint density at radius 2 is 2.33 bits per heavy atom. The van der Waals surface area contributed by atoms with Gasteiger partial charge in [0.2, 0.25) is 0 Å². The number of benzene rings is 1. The van der Waals surface area contributed by atoms with Crippen LogP contribution in [0.3, 0.4) is 0 Å². The minimum absolute atomic E-state index is 0.556. The smallest absolute Gasteiger partial charge is 0.136 e. The standard InChI is InChI=1S/C14H18N2O2/c1-14(17)5-6-16(10-14)9-11-3-4-13(18-2)12(7-11)8-15/h3-4,7,17H,5-6,9-10H2,1-2H3. The predicted molar refractivity (Wildman–Crippen MR) is 68.2 cm³/mol. The van der Waals surface area contributed by atoms with E-state index in [1.165, 1.54) is 0 Å². The van der Waals surface area contributed by atoms with Crippen LogP contribution in [0.25, 0.3) is 0 Å². The molecule has 0 spiro atoms.